The molecule has 0 aromatic rings. The molecule has 6 nitrogen and oxygen atoms in total. The van der Waals surface area contributed by atoms with E-state index < -0.39 is 6.10 Å². The molecule has 0 spiro atoms. The highest BCUT2D eigenvalue weighted by atomic mass is 16.6. The molecule has 6 heteroatoms. The van der Waals surface area contributed by atoms with Crippen LogP contribution >= 0.6 is 0 Å². The molecule has 0 bridgehead atoms. The van der Waals surface area contributed by atoms with E-state index in [2.05, 4.69) is 93.7 Å². The molecule has 392 valence electrons. The summed E-state index contributed by atoms with van der Waals surface area (Å²) in [7, 11) is 0. The molecular weight excluding hydrogens is 841 g/mol. The summed E-state index contributed by atoms with van der Waals surface area (Å²) in [6.07, 6.45) is 72.1. The lowest BCUT2D eigenvalue weighted by Gasteiger charge is -2.18. The molecule has 0 N–H and O–H groups in total. The van der Waals surface area contributed by atoms with Crippen molar-refractivity contribution in [2.75, 3.05) is 13.2 Å². The summed E-state index contributed by atoms with van der Waals surface area (Å²) in [5, 5.41) is 0. The number of carbonyl (C=O) groups excluding carboxylic acids is 3. The maximum atomic E-state index is 12.8. The zero-order valence-electron chi connectivity index (χ0n) is 44.9. The predicted molar refractivity (Wildman–Crippen MR) is 293 cm³/mol. The number of ether oxygens (including phenoxy) is 3. The van der Waals surface area contributed by atoms with Gasteiger partial charge in [0.2, 0.25) is 0 Å². The van der Waals surface area contributed by atoms with Gasteiger partial charge in [0.25, 0.3) is 0 Å². The summed E-state index contributed by atoms with van der Waals surface area (Å²) in [6, 6.07) is 0. The van der Waals surface area contributed by atoms with E-state index in [4.69, 9.17) is 14.2 Å². The third-order valence-electron chi connectivity index (χ3n) is 12.5. The molecule has 0 aliphatic rings. The van der Waals surface area contributed by atoms with Gasteiger partial charge in [0, 0.05) is 19.3 Å². The monoisotopic (exact) mass is 949 g/mol. The Morgan fingerprint density at radius 1 is 0.309 bits per heavy atom. The maximum Gasteiger partial charge on any atom is 0.306 e. The number of allylic oxidation sites excluding steroid dienone is 12. The molecule has 0 heterocycles. The van der Waals surface area contributed by atoms with E-state index >= 15 is 0 Å². The Balaban J connectivity index is 4.17. The van der Waals surface area contributed by atoms with Crippen molar-refractivity contribution >= 4 is 17.9 Å². The third-order valence-corrected chi connectivity index (χ3v) is 12.5. The van der Waals surface area contributed by atoms with Gasteiger partial charge < -0.3 is 14.2 Å². The summed E-state index contributed by atoms with van der Waals surface area (Å²) in [6.45, 7) is 6.48. The van der Waals surface area contributed by atoms with Crippen molar-refractivity contribution in [2.24, 2.45) is 0 Å². The molecule has 0 saturated heterocycles. The van der Waals surface area contributed by atoms with Gasteiger partial charge in [-0.15, -0.1) is 0 Å². The van der Waals surface area contributed by atoms with E-state index in [0.29, 0.717) is 19.3 Å². The summed E-state index contributed by atoms with van der Waals surface area (Å²) >= 11 is 0. The van der Waals surface area contributed by atoms with E-state index in [9.17, 15) is 14.4 Å². The second-order valence-corrected chi connectivity index (χ2v) is 19.2. The van der Waals surface area contributed by atoms with Gasteiger partial charge in [-0.1, -0.05) is 267 Å². The van der Waals surface area contributed by atoms with Crippen molar-refractivity contribution in [1.29, 1.82) is 0 Å². The standard InChI is InChI=1S/C62H108O6/c1-4-7-10-13-16-18-20-22-24-26-28-29-30-31-32-33-35-36-38-40-42-44-46-49-52-55-61(64)67-58-59(57-66-60(63)54-51-48-15-12-9-6-3)68-62(65)56-53-50-47-45-43-41-39-37-34-27-25-23-21-19-17-14-11-8-5-2/h7,10,16,18,22,24,28-29,31-32,35-36,59H,4-6,8-9,11-15,17,19-21,23,25-27,30,33-34,37-58H2,1-3H3/b10-7-,18-16-,24-22-,29-28-,32-31-,36-35-. The first-order chi connectivity index (χ1) is 33.5. The number of hydrogen-bond acceptors (Lipinski definition) is 6. The van der Waals surface area contributed by atoms with Crippen molar-refractivity contribution in [3.63, 3.8) is 0 Å². The third kappa shape index (κ3) is 53.8. The Morgan fingerprint density at radius 3 is 0.897 bits per heavy atom. The normalized spacial score (nSPS) is 12.6. The van der Waals surface area contributed by atoms with Gasteiger partial charge in [-0.2, -0.15) is 0 Å². The number of rotatable bonds is 52. The molecule has 0 radical (unpaired) electrons. The number of unbranched alkanes of at least 4 members (excludes halogenated alkanes) is 29. The first-order valence-corrected chi connectivity index (χ1v) is 28.9. The van der Waals surface area contributed by atoms with Crippen molar-refractivity contribution in [3.8, 4) is 0 Å². The second-order valence-electron chi connectivity index (χ2n) is 19.2. The maximum absolute atomic E-state index is 12.8. The topological polar surface area (TPSA) is 78.9 Å². The zero-order valence-corrected chi connectivity index (χ0v) is 44.9. The molecular formula is C62H108O6. The minimum atomic E-state index is -0.776. The molecule has 0 rings (SSSR count). The largest absolute Gasteiger partial charge is 0.462 e. The van der Waals surface area contributed by atoms with Crippen LogP contribution in [0.3, 0.4) is 0 Å². The Kier molecular flexibility index (Phi) is 53.8. The number of esters is 3. The van der Waals surface area contributed by atoms with Gasteiger partial charge in [-0.05, 0) is 70.6 Å². The lowest BCUT2D eigenvalue weighted by molar-refractivity contribution is -0.167. The van der Waals surface area contributed by atoms with Gasteiger partial charge in [0.1, 0.15) is 13.2 Å². The summed E-state index contributed by atoms with van der Waals surface area (Å²) in [4.78, 5) is 37.9. The van der Waals surface area contributed by atoms with Crippen LogP contribution in [0.5, 0.6) is 0 Å². The fourth-order valence-corrected chi connectivity index (χ4v) is 8.15. The Morgan fingerprint density at radius 2 is 0.574 bits per heavy atom. The van der Waals surface area contributed by atoms with Crippen LogP contribution in [0, 0.1) is 0 Å². The SMILES string of the molecule is CC/C=C\C/C=C\C/C=C\C/C=C\C/C=C\C/C=C\CCCCCCCCC(=O)OCC(COC(=O)CCCCCCCC)OC(=O)CCCCCCCCCCCCCCCCCCCCC. The molecule has 1 unspecified atom stereocenters. The highest BCUT2D eigenvalue weighted by Crippen LogP contribution is 2.16. The molecule has 0 fully saturated rings. The van der Waals surface area contributed by atoms with Crippen LogP contribution in [-0.2, 0) is 28.6 Å². The first-order valence-electron chi connectivity index (χ1n) is 28.9. The lowest BCUT2D eigenvalue weighted by Crippen LogP contribution is -2.30. The molecule has 0 aromatic carbocycles. The zero-order chi connectivity index (χ0) is 49.3. The van der Waals surface area contributed by atoms with E-state index in [-0.39, 0.29) is 31.1 Å². The molecule has 1 atom stereocenters. The predicted octanol–water partition coefficient (Wildman–Crippen LogP) is 19.4. The molecule has 0 aliphatic carbocycles. The number of carbonyl (C=O) groups is 3. The van der Waals surface area contributed by atoms with Gasteiger partial charge in [-0.3, -0.25) is 14.4 Å². The molecule has 68 heavy (non-hydrogen) atoms. The fourth-order valence-electron chi connectivity index (χ4n) is 8.15. The van der Waals surface area contributed by atoms with Crippen molar-refractivity contribution in [2.45, 2.75) is 290 Å². The minimum absolute atomic E-state index is 0.0779. The average molecular weight is 950 g/mol. The van der Waals surface area contributed by atoms with Crippen LogP contribution in [0.25, 0.3) is 0 Å². The van der Waals surface area contributed by atoms with Crippen LogP contribution < -0.4 is 0 Å². The highest BCUT2D eigenvalue weighted by Gasteiger charge is 2.19. The molecule has 0 aliphatic heterocycles. The fraction of sp³-hybridized carbons (Fsp3) is 0.758. The Bertz CT molecular complexity index is 1270. The Hall–Kier alpha value is -3.15. The van der Waals surface area contributed by atoms with Gasteiger partial charge >= 0.3 is 17.9 Å². The molecule has 0 saturated carbocycles. The van der Waals surface area contributed by atoms with Crippen LogP contribution in [0.4, 0.5) is 0 Å². The van der Waals surface area contributed by atoms with Gasteiger partial charge in [0.05, 0.1) is 0 Å². The highest BCUT2D eigenvalue weighted by molar-refractivity contribution is 5.71. The number of hydrogen-bond donors (Lipinski definition) is 0. The lowest BCUT2D eigenvalue weighted by atomic mass is 10.0. The average Bonchev–Trinajstić information content (AvgIpc) is 3.34. The summed E-state index contributed by atoms with van der Waals surface area (Å²) in [5.74, 6) is -0.893. The molecule has 0 amide bonds. The summed E-state index contributed by atoms with van der Waals surface area (Å²) < 4.78 is 16.8. The second kappa shape index (κ2) is 56.4. The Labute approximate surface area is 421 Å². The van der Waals surface area contributed by atoms with Crippen molar-refractivity contribution in [1.82, 2.24) is 0 Å². The van der Waals surface area contributed by atoms with Crippen molar-refractivity contribution in [3.05, 3.63) is 72.9 Å². The van der Waals surface area contributed by atoms with E-state index in [1.807, 2.05) is 0 Å². The van der Waals surface area contributed by atoms with Crippen LogP contribution in [0.2, 0.25) is 0 Å². The smallest absolute Gasteiger partial charge is 0.306 e. The van der Waals surface area contributed by atoms with Crippen LogP contribution in [-0.4, -0.2) is 37.2 Å². The quantitative estimate of drug-likeness (QED) is 0.0262. The van der Waals surface area contributed by atoms with E-state index in [1.54, 1.807) is 0 Å². The van der Waals surface area contributed by atoms with Gasteiger partial charge in [-0.25, -0.2) is 0 Å². The summed E-state index contributed by atoms with van der Waals surface area (Å²) in [5.41, 5.74) is 0. The first kappa shape index (κ1) is 64.8. The van der Waals surface area contributed by atoms with E-state index in [0.717, 1.165) is 103 Å². The molecule has 0 aromatic heterocycles. The van der Waals surface area contributed by atoms with Crippen LogP contribution in [0.15, 0.2) is 72.9 Å². The van der Waals surface area contributed by atoms with Gasteiger partial charge in [0.15, 0.2) is 6.10 Å². The van der Waals surface area contributed by atoms with E-state index in [1.165, 1.54) is 141 Å². The van der Waals surface area contributed by atoms with Crippen molar-refractivity contribution < 1.29 is 28.6 Å². The minimum Gasteiger partial charge on any atom is -0.462 e. The van der Waals surface area contributed by atoms with Crippen LogP contribution in [0.1, 0.15) is 284 Å².